The normalized spacial score (nSPS) is 11.7. The third-order valence-electron chi connectivity index (χ3n) is 4.21. The minimum atomic E-state index is -0.487. The number of esters is 1. The third-order valence-corrected chi connectivity index (χ3v) is 6.53. The maximum atomic E-state index is 12.4. The van der Waals surface area contributed by atoms with Gasteiger partial charge in [-0.25, -0.2) is 4.79 Å². The number of amides is 1. The van der Waals surface area contributed by atoms with Gasteiger partial charge in [0.15, 0.2) is 17.1 Å². The Kier molecular flexibility index (Phi) is 8.10. The lowest BCUT2D eigenvalue weighted by Crippen LogP contribution is -2.16. The van der Waals surface area contributed by atoms with Crippen LogP contribution in [0.15, 0.2) is 45.3 Å². The summed E-state index contributed by atoms with van der Waals surface area (Å²) in [7, 11) is 1.30. The Morgan fingerprint density at radius 2 is 2.00 bits per heavy atom. The second kappa shape index (κ2) is 10.8. The summed E-state index contributed by atoms with van der Waals surface area (Å²) >= 11 is 5.94. The molecule has 0 fully saturated rings. The van der Waals surface area contributed by atoms with Crippen molar-refractivity contribution < 1.29 is 19.1 Å². The number of rotatable bonds is 9. The summed E-state index contributed by atoms with van der Waals surface area (Å²) in [6.45, 7) is 4.53. The molecule has 0 aliphatic carbocycles. The van der Waals surface area contributed by atoms with Gasteiger partial charge in [0.05, 0.1) is 18.4 Å². The maximum Gasteiger partial charge on any atom is 0.340 e. The fourth-order valence-electron chi connectivity index (χ4n) is 2.74. The minimum absolute atomic E-state index is 0.124. The van der Waals surface area contributed by atoms with E-state index in [-0.39, 0.29) is 17.8 Å². The first-order valence-corrected chi connectivity index (χ1v) is 12.0. The van der Waals surface area contributed by atoms with E-state index in [1.165, 1.54) is 30.2 Å². The molecular weight excluding hydrogens is 504 g/mol. The van der Waals surface area contributed by atoms with Crippen LogP contribution in [0.5, 0.6) is 5.75 Å². The molecule has 1 atom stereocenters. The molecule has 31 heavy (non-hydrogen) atoms. The highest BCUT2D eigenvalue weighted by Gasteiger charge is 2.20. The smallest absolute Gasteiger partial charge is 0.340 e. The predicted octanol–water partition coefficient (Wildman–Crippen LogP) is 4.78. The van der Waals surface area contributed by atoms with Gasteiger partial charge in [-0.15, -0.1) is 21.5 Å². The van der Waals surface area contributed by atoms with Gasteiger partial charge in [0.1, 0.15) is 10.8 Å². The summed E-state index contributed by atoms with van der Waals surface area (Å²) in [6.07, 6.45) is -0.314. The lowest BCUT2D eigenvalue weighted by atomic mass is 10.3. The van der Waals surface area contributed by atoms with Crippen LogP contribution in [0.25, 0.3) is 0 Å². The zero-order valence-corrected chi connectivity index (χ0v) is 20.3. The van der Waals surface area contributed by atoms with Crippen LogP contribution in [0.1, 0.15) is 36.1 Å². The van der Waals surface area contributed by atoms with Crippen molar-refractivity contribution in [1.82, 2.24) is 14.8 Å². The van der Waals surface area contributed by atoms with E-state index in [0.717, 1.165) is 10.2 Å². The number of methoxy groups -OCH3 is 1. The first-order chi connectivity index (χ1) is 14.9. The molecule has 0 radical (unpaired) electrons. The molecule has 164 valence electrons. The molecular formula is C20H21BrN4O4S2. The molecule has 1 aromatic carbocycles. The molecule has 1 unspecified atom stereocenters. The van der Waals surface area contributed by atoms with Gasteiger partial charge in [0.2, 0.25) is 5.91 Å². The van der Waals surface area contributed by atoms with Gasteiger partial charge in [-0.1, -0.05) is 27.7 Å². The van der Waals surface area contributed by atoms with Gasteiger partial charge in [0.25, 0.3) is 0 Å². The van der Waals surface area contributed by atoms with E-state index in [1.54, 1.807) is 11.4 Å². The number of nitrogens with one attached hydrogen (secondary N) is 1. The van der Waals surface area contributed by atoms with E-state index in [2.05, 4.69) is 31.4 Å². The Labute approximate surface area is 196 Å². The van der Waals surface area contributed by atoms with Gasteiger partial charge < -0.3 is 19.4 Å². The Morgan fingerprint density at radius 1 is 1.26 bits per heavy atom. The summed E-state index contributed by atoms with van der Waals surface area (Å²) in [5, 5.41) is 14.1. The third kappa shape index (κ3) is 5.86. The highest BCUT2D eigenvalue weighted by Crippen LogP contribution is 2.27. The number of halogens is 1. The van der Waals surface area contributed by atoms with Crippen molar-refractivity contribution in [3.05, 3.63) is 51.6 Å². The lowest BCUT2D eigenvalue weighted by molar-refractivity contribution is -0.113. The molecule has 0 bridgehead atoms. The highest BCUT2D eigenvalue weighted by atomic mass is 79.9. The van der Waals surface area contributed by atoms with Crippen LogP contribution in [-0.4, -0.2) is 39.5 Å². The van der Waals surface area contributed by atoms with E-state index in [9.17, 15) is 9.59 Å². The SMILES string of the molecule is CCn1c(SCC(=O)Nc2sccc2C(=O)OC)nnc1C(C)Oc1ccc(Br)cc1. The van der Waals surface area contributed by atoms with Gasteiger partial charge >= 0.3 is 5.97 Å². The molecule has 0 spiro atoms. The molecule has 0 aliphatic rings. The lowest BCUT2D eigenvalue weighted by Gasteiger charge is -2.15. The second-order valence-electron chi connectivity index (χ2n) is 6.29. The molecule has 1 amide bonds. The van der Waals surface area contributed by atoms with Crippen LogP contribution in [0, 0.1) is 0 Å². The molecule has 3 rings (SSSR count). The number of anilines is 1. The van der Waals surface area contributed by atoms with Crippen molar-refractivity contribution >= 4 is 55.9 Å². The zero-order chi connectivity index (χ0) is 22.4. The highest BCUT2D eigenvalue weighted by molar-refractivity contribution is 9.10. The maximum absolute atomic E-state index is 12.4. The molecule has 11 heteroatoms. The average molecular weight is 525 g/mol. The summed E-state index contributed by atoms with van der Waals surface area (Å²) in [4.78, 5) is 24.1. The second-order valence-corrected chi connectivity index (χ2v) is 9.07. The van der Waals surface area contributed by atoms with Crippen molar-refractivity contribution in [2.24, 2.45) is 0 Å². The first-order valence-electron chi connectivity index (χ1n) is 9.36. The van der Waals surface area contributed by atoms with Crippen LogP contribution in [0.2, 0.25) is 0 Å². The van der Waals surface area contributed by atoms with Gasteiger partial charge in [-0.2, -0.15) is 0 Å². The first kappa shape index (κ1) is 23.3. The molecule has 3 aromatic rings. The number of aromatic nitrogens is 3. The number of carbonyl (C=O) groups excluding carboxylic acids is 2. The Balaban J connectivity index is 1.63. The minimum Gasteiger partial charge on any atom is -0.483 e. The van der Waals surface area contributed by atoms with Crippen LogP contribution in [-0.2, 0) is 16.1 Å². The van der Waals surface area contributed by atoms with Crippen molar-refractivity contribution in [2.45, 2.75) is 31.7 Å². The largest absolute Gasteiger partial charge is 0.483 e. The van der Waals surface area contributed by atoms with E-state index in [4.69, 9.17) is 9.47 Å². The summed E-state index contributed by atoms with van der Waals surface area (Å²) in [6, 6.07) is 9.18. The molecule has 8 nitrogen and oxygen atoms in total. The monoisotopic (exact) mass is 524 g/mol. The number of thiophene rings is 1. The number of benzene rings is 1. The quantitative estimate of drug-likeness (QED) is 0.317. The average Bonchev–Trinajstić information content (AvgIpc) is 3.39. The molecule has 0 saturated heterocycles. The number of hydrogen-bond acceptors (Lipinski definition) is 8. The Hall–Kier alpha value is -2.37. The Bertz CT molecular complexity index is 1050. The fourth-order valence-corrected chi connectivity index (χ4v) is 4.61. The number of ether oxygens (including phenoxy) is 2. The van der Waals surface area contributed by atoms with Crippen LogP contribution in [0.4, 0.5) is 5.00 Å². The molecule has 1 N–H and O–H groups in total. The number of hydrogen-bond donors (Lipinski definition) is 1. The zero-order valence-electron chi connectivity index (χ0n) is 17.1. The van der Waals surface area contributed by atoms with E-state index in [1.807, 2.05) is 42.7 Å². The number of carbonyl (C=O) groups is 2. The van der Waals surface area contributed by atoms with Gasteiger partial charge in [-0.05, 0) is 49.6 Å². The molecule has 2 heterocycles. The van der Waals surface area contributed by atoms with E-state index < -0.39 is 5.97 Å². The van der Waals surface area contributed by atoms with Crippen LogP contribution in [0.3, 0.4) is 0 Å². The van der Waals surface area contributed by atoms with Gasteiger partial charge in [-0.3, -0.25) is 4.79 Å². The molecule has 0 saturated carbocycles. The van der Waals surface area contributed by atoms with Crippen LogP contribution < -0.4 is 10.1 Å². The van der Waals surface area contributed by atoms with Crippen LogP contribution >= 0.6 is 39.0 Å². The summed E-state index contributed by atoms with van der Waals surface area (Å²) in [5.74, 6) is 0.800. The van der Waals surface area contributed by atoms with Crippen molar-refractivity contribution in [1.29, 1.82) is 0 Å². The van der Waals surface area contributed by atoms with Crippen molar-refractivity contribution in [3.8, 4) is 5.75 Å². The van der Waals surface area contributed by atoms with Crippen molar-refractivity contribution in [3.63, 3.8) is 0 Å². The van der Waals surface area contributed by atoms with E-state index >= 15 is 0 Å². The summed E-state index contributed by atoms with van der Waals surface area (Å²) < 4.78 is 13.6. The number of thioether (sulfide) groups is 1. The predicted molar refractivity (Wildman–Crippen MR) is 124 cm³/mol. The standard InChI is InChI=1S/C20H21BrN4O4S2/c1-4-25-17(12(2)29-14-7-5-13(21)6-8-14)23-24-20(25)31-11-16(26)22-18-15(9-10-30-18)19(27)28-3/h5-10,12H,4,11H2,1-3H3,(H,22,26). The molecule has 2 aromatic heterocycles. The van der Waals surface area contributed by atoms with Gasteiger partial charge in [0, 0.05) is 11.0 Å². The topological polar surface area (TPSA) is 95.3 Å². The number of nitrogens with zero attached hydrogens (tertiary/aromatic N) is 3. The van der Waals surface area contributed by atoms with Crippen molar-refractivity contribution in [2.75, 3.05) is 18.2 Å². The fraction of sp³-hybridized carbons (Fsp3) is 0.300. The Morgan fingerprint density at radius 3 is 2.68 bits per heavy atom. The summed E-state index contributed by atoms with van der Waals surface area (Å²) in [5.41, 5.74) is 0.337. The van der Waals surface area contributed by atoms with E-state index in [0.29, 0.717) is 28.1 Å². The molecule has 0 aliphatic heterocycles.